The van der Waals surface area contributed by atoms with Gasteiger partial charge in [0.15, 0.2) is 0 Å². The Bertz CT molecular complexity index is 165. The molecule has 0 aliphatic rings. The molecule has 0 rings (SSSR count). The highest BCUT2D eigenvalue weighted by atomic mass is 32.3. The van der Waals surface area contributed by atoms with E-state index >= 15 is 0 Å². The monoisotopic (exact) mass is 186 g/mol. The van der Waals surface area contributed by atoms with Gasteiger partial charge in [0.2, 0.25) is 0 Å². The van der Waals surface area contributed by atoms with Crippen LogP contribution < -0.4 is 22.0 Å². The van der Waals surface area contributed by atoms with E-state index in [2.05, 4.69) is 19.4 Å². The van der Waals surface area contributed by atoms with Crippen LogP contribution in [0.5, 0.6) is 0 Å². The van der Waals surface area contributed by atoms with Crippen LogP contribution >= 0.6 is 0 Å². The van der Waals surface area contributed by atoms with Crippen LogP contribution in [0.25, 0.3) is 0 Å². The number of nitrogens with one attached hydrogen (secondary N) is 4. The maximum atomic E-state index is 10.5. The zero-order valence-electron chi connectivity index (χ0n) is 6.04. The van der Waals surface area contributed by atoms with Gasteiger partial charge in [-0.15, -0.1) is 19.7 Å². The number of hydrogen-bond acceptors (Lipinski definition) is 8. The minimum atomic E-state index is -4.05. The second-order valence-electron chi connectivity index (χ2n) is 1.28. The van der Waals surface area contributed by atoms with E-state index in [0.29, 0.717) is 0 Å². The molecular weight excluding hydrogens is 176 g/mol. The van der Waals surface area contributed by atoms with Crippen LogP contribution in [0.15, 0.2) is 0 Å². The summed E-state index contributed by atoms with van der Waals surface area (Å²) in [5.74, 6) is 0. The van der Waals surface area contributed by atoms with E-state index in [4.69, 9.17) is 0 Å². The fourth-order valence-corrected chi connectivity index (χ4v) is 0.607. The van der Waals surface area contributed by atoms with Gasteiger partial charge in [-0.25, -0.2) is 10.9 Å². The van der Waals surface area contributed by atoms with Crippen molar-refractivity contribution in [2.75, 3.05) is 14.1 Å². The molecule has 0 saturated carbocycles. The molecule has 0 aliphatic heterocycles. The standard InChI is InChI=1S/C2H10N4O4S/c1-3-5-9-11(7,8)10-6-4-2/h3-6H,1-2H3. The Morgan fingerprint density at radius 3 is 1.64 bits per heavy atom. The third-order valence-electron chi connectivity index (χ3n) is 0.492. The number of rotatable bonds is 6. The average Bonchev–Trinajstić information content (AvgIpc) is 1.97. The molecule has 0 heterocycles. The third kappa shape index (κ3) is 6.12. The summed E-state index contributed by atoms with van der Waals surface area (Å²) >= 11 is 0. The van der Waals surface area contributed by atoms with Crippen LogP contribution in [0.3, 0.4) is 0 Å². The van der Waals surface area contributed by atoms with Gasteiger partial charge < -0.3 is 0 Å². The Hall–Kier alpha value is -0.290. The first-order chi connectivity index (χ1) is 5.12. The lowest BCUT2D eigenvalue weighted by molar-refractivity contribution is 0.0821. The van der Waals surface area contributed by atoms with Crippen molar-refractivity contribution in [1.82, 2.24) is 22.0 Å². The minimum Gasteiger partial charge on any atom is -0.236 e. The first-order valence-electron chi connectivity index (χ1n) is 2.57. The minimum absolute atomic E-state index is 1.43. The van der Waals surface area contributed by atoms with Gasteiger partial charge in [0.25, 0.3) is 0 Å². The van der Waals surface area contributed by atoms with Gasteiger partial charge in [-0.1, -0.05) is 0 Å². The smallest absolute Gasteiger partial charge is 0.236 e. The van der Waals surface area contributed by atoms with E-state index in [0.717, 1.165) is 0 Å². The van der Waals surface area contributed by atoms with E-state index in [-0.39, 0.29) is 0 Å². The highest BCUT2D eigenvalue weighted by molar-refractivity contribution is 7.81. The van der Waals surface area contributed by atoms with Crippen molar-refractivity contribution in [3.63, 3.8) is 0 Å². The van der Waals surface area contributed by atoms with Gasteiger partial charge >= 0.3 is 10.4 Å². The van der Waals surface area contributed by atoms with Crippen molar-refractivity contribution in [3.8, 4) is 0 Å². The predicted octanol–water partition coefficient (Wildman–Crippen LogP) is -2.46. The summed E-state index contributed by atoms with van der Waals surface area (Å²) in [4.78, 5) is 0. The summed E-state index contributed by atoms with van der Waals surface area (Å²) in [6.07, 6.45) is 0. The van der Waals surface area contributed by atoms with Crippen LogP contribution in [0.4, 0.5) is 0 Å². The number of hydrazine groups is 2. The van der Waals surface area contributed by atoms with Gasteiger partial charge in [-0.2, -0.15) is 8.42 Å². The van der Waals surface area contributed by atoms with Crippen LogP contribution in [0.2, 0.25) is 0 Å². The van der Waals surface area contributed by atoms with E-state index in [1.807, 2.05) is 11.2 Å². The van der Waals surface area contributed by atoms with Gasteiger partial charge in [0, 0.05) is 14.1 Å². The first kappa shape index (κ1) is 10.7. The number of hydrogen-bond donors (Lipinski definition) is 4. The fourth-order valence-electron chi connectivity index (χ4n) is 0.202. The van der Waals surface area contributed by atoms with Gasteiger partial charge in [-0.3, -0.25) is 0 Å². The molecule has 8 nitrogen and oxygen atoms in total. The zero-order chi connectivity index (χ0) is 8.74. The lowest BCUT2D eigenvalue weighted by Gasteiger charge is -2.04. The van der Waals surface area contributed by atoms with Crippen molar-refractivity contribution >= 4 is 10.4 Å². The predicted molar refractivity (Wildman–Crippen MR) is 35.5 cm³/mol. The molecule has 0 unspecified atom stereocenters. The molecule has 0 atom stereocenters. The molecule has 0 aromatic heterocycles. The normalized spacial score (nSPS) is 11.8. The second-order valence-corrected chi connectivity index (χ2v) is 2.43. The summed E-state index contributed by atoms with van der Waals surface area (Å²) in [6.45, 7) is 0. The molecule has 0 fully saturated rings. The molecule has 0 bridgehead atoms. The summed E-state index contributed by atoms with van der Waals surface area (Å²) in [6, 6.07) is 0. The van der Waals surface area contributed by atoms with Crippen LogP contribution in [0, 0.1) is 0 Å². The van der Waals surface area contributed by atoms with Crippen molar-refractivity contribution in [3.05, 3.63) is 0 Å². The highest BCUT2D eigenvalue weighted by Gasteiger charge is 2.10. The van der Waals surface area contributed by atoms with E-state index in [1.54, 1.807) is 0 Å². The molecule has 11 heavy (non-hydrogen) atoms. The molecule has 0 aromatic rings. The van der Waals surface area contributed by atoms with Crippen LogP contribution in [-0.4, -0.2) is 22.5 Å². The molecule has 0 spiro atoms. The van der Waals surface area contributed by atoms with Gasteiger partial charge in [0.1, 0.15) is 0 Å². The van der Waals surface area contributed by atoms with Gasteiger partial charge in [0.05, 0.1) is 0 Å². The molecule has 68 valence electrons. The Morgan fingerprint density at radius 1 is 1.00 bits per heavy atom. The zero-order valence-corrected chi connectivity index (χ0v) is 6.86. The summed E-state index contributed by atoms with van der Waals surface area (Å²) in [5, 5.41) is 0. The molecule has 0 aliphatic carbocycles. The summed E-state index contributed by atoms with van der Waals surface area (Å²) in [7, 11) is -1.19. The van der Waals surface area contributed by atoms with E-state index in [1.165, 1.54) is 14.1 Å². The Labute approximate surface area is 64.4 Å². The highest BCUT2D eigenvalue weighted by Crippen LogP contribution is 1.85. The third-order valence-corrected chi connectivity index (χ3v) is 1.07. The Balaban J connectivity index is 3.63. The van der Waals surface area contributed by atoms with Crippen LogP contribution in [-0.2, 0) is 19.0 Å². The largest absolute Gasteiger partial charge is 0.434 e. The molecule has 0 aromatic carbocycles. The van der Waals surface area contributed by atoms with E-state index < -0.39 is 10.4 Å². The molecule has 0 radical (unpaired) electrons. The van der Waals surface area contributed by atoms with Crippen LogP contribution in [0.1, 0.15) is 0 Å². The maximum absolute atomic E-state index is 10.5. The Morgan fingerprint density at radius 2 is 1.36 bits per heavy atom. The SMILES string of the molecule is CNNOS(=O)(=O)ONNC. The topological polar surface area (TPSA) is 101 Å². The second kappa shape index (κ2) is 5.37. The lowest BCUT2D eigenvalue weighted by Crippen LogP contribution is -2.36. The van der Waals surface area contributed by atoms with Crippen molar-refractivity contribution in [2.45, 2.75) is 0 Å². The lowest BCUT2D eigenvalue weighted by atomic mass is 11.5. The molecule has 0 amide bonds. The average molecular weight is 186 g/mol. The molecule has 0 saturated heterocycles. The summed E-state index contributed by atoms with van der Waals surface area (Å²) in [5.41, 5.74) is 8.17. The molecular formula is C2H10N4O4S. The first-order valence-corrected chi connectivity index (χ1v) is 3.91. The molecule has 9 heteroatoms. The van der Waals surface area contributed by atoms with E-state index in [9.17, 15) is 8.42 Å². The maximum Gasteiger partial charge on any atom is 0.434 e. The molecule has 4 N–H and O–H groups in total. The van der Waals surface area contributed by atoms with Gasteiger partial charge in [-0.05, 0) is 0 Å². The Kier molecular flexibility index (Phi) is 5.23. The van der Waals surface area contributed by atoms with Crippen molar-refractivity contribution < 1.29 is 17.0 Å². The quantitative estimate of drug-likeness (QED) is 0.339. The van der Waals surface area contributed by atoms with Crippen molar-refractivity contribution in [2.24, 2.45) is 0 Å². The summed E-state index contributed by atoms with van der Waals surface area (Å²) < 4.78 is 28.9. The fraction of sp³-hybridized carbons (Fsp3) is 1.00. The van der Waals surface area contributed by atoms with Crippen molar-refractivity contribution in [1.29, 1.82) is 0 Å².